The van der Waals surface area contributed by atoms with Gasteiger partial charge in [-0.1, -0.05) is 92.7 Å². The zero-order valence-corrected chi connectivity index (χ0v) is 20.1. The maximum Gasteiger partial charge on any atom is 0.152 e. The number of hydrogen-bond donors (Lipinski definition) is 0. The van der Waals surface area contributed by atoms with Crippen LogP contribution in [-0.2, 0) is 0 Å². The predicted molar refractivity (Wildman–Crippen MR) is 139 cm³/mol. The van der Waals surface area contributed by atoms with Crippen molar-refractivity contribution in [3.63, 3.8) is 0 Å². The Kier molecular flexibility index (Phi) is 8.34. The van der Waals surface area contributed by atoms with E-state index in [1.165, 1.54) is 0 Å². The number of nitrogens with zero attached hydrogens (tertiary/aromatic N) is 4. The first-order valence-electron chi connectivity index (χ1n) is 11.6. The Morgan fingerprint density at radius 2 is 1.37 bits per heavy atom. The lowest BCUT2D eigenvalue weighted by molar-refractivity contribution is 0.199. The van der Waals surface area contributed by atoms with E-state index in [1.807, 2.05) is 86.6 Å². The third kappa shape index (κ3) is 5.55. The molecule has 0 fully saturated rings. The summed E-state index contributed by atoms with van der Waals surface area (Å²) in [5.41, 5.74) is 2.77. The van der Waals surface area contributed by atoms with Crippen molar-refractivity contribution in [1.82, 2.24) is 0 Å². The van der Waals surface area contributed by atoms with E-state index in [-0.39, 0.29) is 12.3 Å². The Morgan fingerprint density at radius 1 is 0.857 bits per heavy atom. The second-order valence-electron chi connectivity index (χ2n) is 8.85. The summed E-state index contributed by atoms with van der Waals surface area (Å²) in [4.78, 5) is 5.31. The molecule has 0 amide bonds. The highest BCUT2D eigenvalue weighted by Crippen LogP contribution is 2.46. The molecule has 0 radical (unpaired) electrons. The SMILES string of the molecule is C=CCC(C#N)(C#N)C(C(C)C)C(N=C(c1ccccc1)c1ccccc1)c1ccc(C#N)cc1. The first kappa shape index (κ1) is 25.2. The Hall–Kier alpha value is -4.46. The fraction of sp³-hybridized carbons (Fsp3) is 0.226. The molecule has 3 aromatic rings. The minimum absolute atomic E-state index is 0.0357. The molecule has 172 valence electrons. The van der Waals surface area contributed by atoms with E-state index >= 15 is 0 Å². The van der Waals surface area contributed by atoms with Crippen LogP contribution in [0.25, 0.3) is 0 Å². The summed E-state index contributed by atoms with van der Waals surface area (Å²) in [6.45, 7) is 7.86. The number of allylic oxidation sites excluding steroid dienone is 1. The summed E-state index contributed by atoms with van der Waals surface area (Å²) < 4.78 is 0. The summed E-state index contributed by atoms with van der Waals surface area (Å²) >= 11 is 0. The zero-order chi connectivity index (χ0) is 25.3. The van der Waals surface area contributed by atoms with E-state index in [2.05, 4.69) is 24.8 Å². The molecule has 0 aliphatic rings. The normalized spacial score (nSPS) is 12.5. The van der Waals surface area contributed by atoms with Gasteiger partial charge in [-0.05, 0) is 30.0 Å². The molecule has 0 aliphatic carbocycles. The second-order valence-corrected chi connectivity index (χ2v) is 8.85. The van der Waals surface area contributed by atoms with Crippen molar-refractivity contribution in [2.24, 2.45) is 22.2 Å². The Labute approximate surface area is 208 Å². The minimum Gasteiger partial charge on any atom is -0.276 e. The number of rotatable bonds is 9. The van der Waals surface area contributed by atoms with Gasteiger partial charge in [0.25, 0.3) is 0 Å². The van der Waals surface area contributed by atoms with Crippen molar-refractivity contribution in [2.45, 2.75) is 26.3 Å². The van der Waals surface area contributed by atoms with Gasteiger partial charge < -0.3 is 0 Å². The molecule has 0 spiro atoms. The summed E-state index contributed by atoms with van der Waals surface area (Å²) in [5, 5.41) is 29.8. The van der Waals surface area contributed by atoms with Gasteiger partial charge in [0.2, 0.25) is 0 Å². The van der Waals surface area contributed by atoms with E-state index in [0.717, 1.165) is 22.4 Å². The van der Waals surface area contributed by atoms with Crippen LogP contribution in [0.15, 0.2) is 103 Å². The smallest absolute Gasteiger partial charge is 0.152 e. The number of hydrogen-bond acceptors (Lipinski definition) is 4. The molecule has 4 heteroatoms. The average Bonchev–Trinajstić information content (AvgIpc) is 2.91. The maximum absolute atomic E-state index is 10.3. The van der Waals surface area contributed by atoms with Crippen molar-refractivity contribution < 1.29 is 0 Å². The van der Waals surface area contributed by atoms with Crippen molar-refractivity contribution in [1.29, 1.82) is 15.8 Å². The van der Waals surface area contributed by atoms with E-state index < -0.39 is 17.4 Å². The van der Waals surface area contributed by atoms with Crippen LogP contribution in [0.2, 0.25) is 0 Å². The van der Waals surface area contributed by atoms with Gasteiger partial charge in [-0.2, -0.15) is 15.8 Å². The van der Waals surface area contributed by atoms with Crippen LogP contribution in [0.1, 0.15) is 48.6 Å². The molecule has 0 N–H and O–H groups in total. The van der Waals surface area contributed by atoms with Crippen LogP contribution in [0, 0.1) is 51.2 Å². The minimum atomic E-state index is -1.31. The summed E-state index contributed by atoms with van der Waals surface area (Å²) in [5.74, 6) is -0.461. The van der Waals surface area contributed by atoms with E-state index in [4.69, 9.17) is 4.99 Å². The summed E-state index contributed by atoms with van der Waals surface area (Å²) in [6.07, 6.45) is 1.87. The monoisotopic (exact) mass is 456 g/mol. The fourth-order valence-corrected chi connectivity index (χ4v) is 4.60. The van der Waals surface area contributed by atoms with Gasteiger partial charge >= 0.3 is 0 Å². The van der Waals surface area contributed by atoms with Crippen LogP contribution in [-0.4, -0.2) is 5.71 Å². The Bertz CT molecular complexity index is 1230. The van der Waals surface area contributed by atoms with Gasteiger partial charge in [0.05, 0.1) is 35.5 Å². The third-order valence-corrected chi connectivity index (χ3v) is 6.24. The van der Waals surface area contributed by atoms with Gasteiger partial charge in [0.15, 0.2) is 5.41 Å². The summed E-state index contributed by atoms with van der Waals surface area (Å²) in [6, 6.07) is 33.4. The van der Waals surface area contributed by atoms with E-state index in [1.54, 1.807) is 18.2 Å². The lowest BCUT2D eigenvalue weighted by Crippen LogP contribution is -2.36. The Balaban J connectivity index is 2.34. The first-order valence-corrected chi connectivity index (χ1v) is 11.6. The molecule has 2 atom stereocenters. The van der Waals surface area contributed by atoms with E-state index in [0.29, 0.717) is 5.56 Å². The number of nitriles is 3. The molecular formula is C31H28N4. The van der Waals surface area contributed by atoms with Gasteiger partial charge in [0, 0.05) is 17.0 Å². The molecule has 2 unspecified atom stereocenters. The van der Waals surface area contributed by atoms with Crippen LogP contribution in [0.5, 0.6) is 0 Å². The molecule has 0 heterocycles. The zero-order valence-electron chi connectivity index (χ0n) is 20.1. The van der Waals surface area contributed by atoms with Crippen molar-refractivity contribution >= 4 is 5.71 Å². The van der Waals surface area contributed by atoms with Gasteiger partial charge in [0.1, 0.15) is 0 Å². The number of benzene rings is 3. The molecule has 0 aromatic heterocycles. The highest BCUT2D eigenvalue weighted by molar-refractivity contribution is 6.13. The van der Waals surface area contributed by atoms with Crippen molar-refractivity contribution in [3.8, 4) is 18.2 Å². The van der Waals surface area contributed by atoms with Crippen LogP contribution >= 0.6 is 0 Å². The highest BCUT2D eigenvalue weighted by Gasteiger charge is 2.45. The molecule has 0 saturated heterocycles. The molecule has 3 aromatic carbocycles. The Morgan fingerprint density at radius 3 is 1.77 bits per heavy atom. The highest BCUT2D eigenvalue weighted by atomic mass is 14.8. The van der Waals surface area contributed by atoms with Gasteiger partial charge in [-0.15, -0.1) is 6.58 Å². The fourth-order valence-electron chi connectivity index (χ4n) is 4.60. The molecule has 4 nitrogen and oxygen atoms in total. The maximum atomic E-state index is 10.3. The predicted octanol–water partition coefficient (Wildman–Crippen LogP) is 7.02. The molecular weight excluding hydrogens is 428 g/mol. The molecule has 0 saturated carbocycles. The number of aliphatic imine (C=N–C) groups is 1. The van der Waals surface area contributed by atoms with Crippen LogP contribution < -0.4 is 0 Å². The standard InChI is InChI=1S/C31H28N4/c1-4-19-31(21-33,22-34)28(23(2)3)30(27-17-15-24(20-32)16-18-27)35-29(25-11-7-5-8-12-25)26-13-9-6-10-14-26/h4-18,23,28,30H,1,19H2,2-3H3. The molecule has 0 bridgehead atoms. The van der Waals surface area contributed by atoms with Gasteiger partial charge in [-0.3, -0.25) is 4.99 Å². The van der Waals surface area contributed by atoms with Crippen molar-refractivity contribution in [2.75, 3.05) is 0 Å². The first-order chi connectivity index (χ1) is 17.0. The van der Waals surface area contributed by atoms with Gasteiger partial charge in [-0.25, -0.2) is 0 Å². The second kappa shape index (κ2) is 11.6. The summed E-state index contributed by atoms with van der Waals surface area (Å²) in [7, 11) is 0. The third-order valence-electron chi connectivity index (χ3n) is 6.24. The molecule has 35 heavy (non-hydrogen) atoms. The lowest BCUT2D eigenvalue weighted by atomic mass is 9.65. The molecule has 3 rings (SSSR count). The van der Waals surface area contributed by atoms with Crippen molar-refractivity contribution in [3.05, 3.63) is 120 Å². The molecule has 0 aliphatic heterocycles. The van der Waals surface area contributed by atoms with E-state index in [9.17, 15) is 15.8 Å². The lowest BCUT2D eigenvalue weighted by Gasteiger charge is -2.36. The van der Waals surface area contributed by atoms with Crippen LogP contribution in [0.4, 0.5) is 0 Å². The largest absolute Gasteiger partial charge is 0.276 e. The van der Waals surface area contributed by atoms with Crippen LogP contribution in [0.3, 0.4) is 0 Å². The average molecular weight is 457 g/mol. The quantitative estimate of drug-likeness (QED) is 0.256. The topological polar surface area (TPSA) is 83.7 Å².